The van der Waals surface area contributed by atoms with Gasteiger partial charge in [0.25, 0.3) is 0 Å². The van der Waals surface area contributed by atoms with Gasteiger partial charge in [0, 0.05) is 23.6 Å². The van der Waals surface area contributed by atoms with E-state index < -0.39 is 0 Å². The van der Waals surface area contributed by atoms with Crippen molar-refractivity contribution in [2.75, 3.05) is 19.8 Å². The van der Waals surface area contributed by atoms with E-state index in [0.29, 0.717) is 13.2 Å². The first kappa shape index (κ1) is 13.4. The molecule has 0 bridgehead atoms. The molecule has 0 saturated heterocycles. The summed E-state index contributed by atoms with van der Waals surface area (Å²) in [6, 6.07) is 7.86. The van der Waals surface area contributed by atoms with Crippen LogP contribution in [0.15, 0.2) is 24.3 Å². The van der Waals surface area contributed by atoms with Crippen LogP contribution < -0.4 is 5.32 Å². The van der Waals surface area contributed by atoms with Crippen molar-refractivity contribution in [2.24, 2.45) is 0 Å². The molecule has 18 heavy (non-hydrogen) atoms. The molecule has 0 radical (unpaired) electrons. The average molecular weight is 268 g/mol. The Morgan fingerprint density at radius 1 is 1.44 bits per heavy atom. The summed E-state index contributed by atoms with van der Waals surface area (Å²) >= 11 is 6.21. The smallest absolute Gasteiger partial charge is 0.246 e. The maximum absolute atomic E-state index is 11.5. The van der Waals surface area contributed by atoms with Gasteiger partial charge in [0.1, 0.15) is 6.61 Å². The molecule has 4 heteroatoms. The summed E-state index contributed by atoms with van der Waals surface area (Å²) in [6.07, 6.45) is 2.15. The van der Waals surface area contributed by atoms with E-state index in [9.17, 15) is 4.79 Å². The van der Waals surface area contributed by atoms with E-state index in [-0.39, 0.29) is 17.9 Å². The van der Waals surface area contributed by atoms with Gasteiger partial charge in [-0.2, -0.15) is 0 Å². The van der Waals surface area contributed by atoms with Crippen LogP contribution in [0, 0.1) is 0 Å². The Morgan fingerprint density at radius 2 is 2.17 bits per heavy atom. The van der Waals surface area contributed by atoms with Crippen LogP contribution in [-0.4, -0.2) is 25.7 Å². The minimum atomic E-state index is -0.0600. The minimum absolute atomic E-state index is 0.0419. The number of ether oxygens (including phenoxy) is 1. The first-order valence-electron chi connectivity index (χ1n) is 6.27. The van der Waals surface area contributed by atoms with Crippen LogP contribution in [0.4, 0.5) is 0 Å². The third-order valence-electron chi connectivity index (χ3n) is 3.36. The Balaban J connectivity index is 1.93. The Kier molecular flexibility index (Phi) is 4.25. The van der Waals surface area contributed by atoms with Crippen molar-refractivity contribution in [2.45, 2.75) is 25.2 Å². The van der Waals surface area contributed by atoms with Crippen molar-refractivity contribution < 1.29 is 9.53 Å². The van der Waals surface area contributed by atoms with Gasteiger partial charge in [-0.1, -0.05) is 29.8 Å². The number of hydrogen-bond donors (Lipinski definition) is 1. The number of carbonyl (C=O) groups excluding carboxylic acids is 1. The molecule has 2 rings (SSSR count). The van der Waals surface area contributed by atoms with Gasteiger partial charge < -0.3 is 10.1 Å². The highest BCUT2D eigenvalue weighted by molar-refractivity contribution is 6.31. The molecule has 1 amide bonds. The summed E-state index contributed by atoms with van der Waals surface area (Å²) in [5, 5.41) is 3.71. The standard InChI is InChI=1S/C14H18ClNO2/c1-2-18-9-13(17)16-10-14(7-8-14)11-5-3-4-6-12(11)15/h3-6H,2,7-10H2,1H3,(H,16,17). The second-order valence-electron chi connectivity index (χ2n) is 4.67. The quantitative estimate of drug-likeness (QED) is 0.860. The van der Waals surface area contributed by atoms with Crippen molar-refractivity contribution in [1.29, 1.82) is 0 Å². The summed E-state index contributed by atoms with van der Waals surface area (Å²) in [5.41, 5.74) is 1.18. The van der Waals surface area contributed by atoms with Crippen LogP contribution in [0.2, 0.25) is 5.02 Å². The van der Waals surface area contributed by atoms with E-state index >= 15 is 0 Å². The second kappa shape index (κ2) is 5.72. The molecule has 1 aliphatic rings. The first-order chi connectivity index (χ1) is 8.68. The van der Waals surface area contributed by atoms with Crippen LogP contribution in [-0.2, 0) is 14.9 Å². The number of amides is 1. The third-order valence-corrected chi connectivity index (χ3v) is 3.69. The Morgan fingerprint density at radius 3 is 2.78 bits per heavy atom. The van der Waals surface area contributed by atoms with Crippen molar-refractivity contribution in [3.8, 4) is 0 Å². The number of benzene rings is 1. The number of carbonyl (C=O) groups is 1. The lowest BCUT2D eigenvalue weighted by Gasteiger charge is -2.18. The summed E-state index contributed by atoms with van der Waals surface area (Å²) in [4.78, 5) is 11.5. The second-order valence-corrected chi connectivity index (χ2v) is 5.08. The molecule has 1 fully saturated rings. The molecule has 1 aromatic carbocycles. The SMILES string of the molecule is CCOCC(=O)NCC1(c2ccccc2Cl)CC1. The Hall–Kier alpha value is -1.06. The number of halogens is 1. The number of hydrogen-bond acceptors (Lipinski definition) is 2. The first-order valence-corrected chi connectivity index (χ1v) is 6.65. The zero-order valence-corrected chi connectivity index (χ0v) is 11.3. The van der Waals surface area contributed by atoms with Gasteiger partial charge in [-0.3, -0.25) is 4.79 Å². The maximum atomic E-state index is 11.5. The van der Waals surface area contributed by atoms with Gasteiger partial charge in [-0.05, 0) is 31.4 Å². The Bertz CT molecular complexity index is 430. The van der Waals surface area contributed by atoms with Gasteiger partial charge in [0.2, 0.25) is 5.91 Å². The van der Waals surface area contributed by atoms with Crippen LogP contribution in [0.25, 0.3) is 0 Å². The summed E-state index contributed by atoms with van der Waals surface area (Å²) < 4.78 is 5.07. The lowest BCUT2D eigenvalue weighted by Crippen LogP contribution is -2.34. The molecule has 3 nitrogen and oxygen atoms in total. The van der Waals surface area contributed by atoms with Crippen molar-refractivity contribution in [3.05, 3.63) is 34.9 Å². The lowest BCUT2D eigenvalue weighted by atomic mass is 9.96. The monoisotopic (exact) mass is 267 g/mol. The predicted octanol–water partition coefficient (Wildman–Crippen LogP) is 2.52. The molecular formula is C14H18ClNO2. The molecule has 0 unspecified atom stereocenters. The summed E-state index contributed by atoms with van der Waals surface area (Å²) in [5.74, 6) is -0.0600. The molecule has 1 aliphatic carbocycles. The molecule has 0 spiro atoms. The topological polar surface area (TPSA) is 38.3 Å². The van der Waals surface area contributed by atoms with Gasteiger partial charge in [0.05, 0.1) is 0 Å². The van der Waals surface area contributed by atoms with Gasteiger partial charge in [0.15, 0.2) is 0 Å². The highest BCUT2D eigenvalue weighted by Gasteiger charge is 2.45. The van der Waals surface area contributed by atoms with E-state index in [4.69, 9.17) is 16.3 Å². The van der Waals surface area contributed by atoms with E-state index in [1.165, 1.54) is 0 Å². The highest BCUT2D eigenvalue weighted by Crippen LogP contribution is 2.49. The van der Waals surface area contributed by atoms with E-state index in [1.807, 2.05) is 31.2 Å². The van der Waals surface area contributed by atoms with E-state index in [2.05, 4.69) is 5.32 Å². The molecule has 1 saturated carbocycles. The zero-order valence-electron chi connectivity index (χ0n) is 10.5. The molecular weight excluding hydrogens is 250 g/mol. The fourth-order valence-corrected chi connectivity index (χ4v) is 2.43. The predicted molar refractivity (Wildman–Crippen MR) is 71.9 cm³/mol. The molecule has 0 aromatic heterocycles. The third kappa shape index (κ3) is 3.03. The normalized spacial score (nSPS) is 16.3. The largest absolute Gasteiger partial charge is 0.372 e. The minimum Gasteiger partial charge on any atom is -0.372 e. The van der Waals surface area contributed by atoms with Crippen molar-refractivity contribution >= 4 is 17.5 Å². The summed E-state index contributed by atoms with van der Waals surface area (Å²) in [6.45, 7) is 3.21. The molecule has 0 heterocycles. The molecule has 0 atom stereocenters. The number of rotatable bonds is 6. The van der Waals surface area contributed by atoms with Crippen LogP contribution in [0.1, 0.15) is 25.3 Å². The van der Waals surface area contributed by atoms with Crippen molar-refractivity contribution in [3.63, 3.8) is 0 Å². The van der Waals surface area contributed by atoms with Crippen molar-refractivity contribution in [1.82, 2.24) is 5.32 Å². The zero-order chi connectivity index (χ0) is 13.0. The fraction of sp³-hybridized carbons (Fsp3) is 0.500. The maximum Gasteiger partial charge on any atom is 0.246 e. The number of nitrogens with one attached hydrogen (secondary N) is 1. The average Bonchev–Trinajstić information content (AvgIpc) is 3.15. The van der Waals surface area contributed by atoms with Crippen LogP contribution in [0.5, 0.6) is 0 Å². The van der Waals surface area contributed by atoms with Gasteiger partial charge >= 0.3 is 0 Å². The van der Waals surface area contributed by atoms with E-state index in [1.54, 1.807) is 0 Å². The lowest BCUT2D eigenvalue weighted by molar-refractivity contribution is -0.125. The summed E-state index contributed by atoms with van der Waals surface area (Å²) in [7, 11) is 0. The molecule has 1 N–H and O–H groups in total. The molecule has 1 aromatic rings. The van der Waals surface area contributed by atoms with Crippen LogP contribution in [0.3, 0.4) is 0 Å². The van der Waals surface area contributed by atoms with Gasteiger partial charge in [-0.15, -0.1) is 0 Å². The Labute approximate surface area is 112 Å². The van der Waals surface area contributed by atoms with Gasteiger partial charge in [-0.25, -0.2) is 0 Å². The fourth-order valence-electron chi connectivity index (χ4n) is 2.10. The highest BCUT2D eigenvalue weighted by atomic mass is 35.5. The van der Waals surface area contributed by atoms with Crippen LogP contribution >= 0.6 is 11.6 Å². The van der Waals surface area contributed by atoms with E-state index in [0.717, 1.165) is 23.4 Å². The molecule has 98 valence electrons. The molecule has 0 aliphatic heterocycles.